The van der Waals surface area contributed by atoms with E-state index in [0.29, 0.717) is 5.56 Å². The van der Waals surface area contributed by atoms with Crippen LogP contribution in [0.3, 0.4) is 0 Å². The second-order valence-corrected chi connectivity index (χ2v) is 4.97. The molecule has 0 aliphatic heterocycles. The molecule has 1 rings (SSSR count). The van der Waals surface area contributed by atoms with E-state index in [1.807, 2.05) is 20.8 Å². The van der Waals surface area contributed by atoms with Crippen LogP contribution in [0.4, 0.5) is 4.39 Å². The molecule has 0 aliphatic carbocycles. The lowest BCUT2D eigenvalue weighted by Gasteiger charge is -2.16. The summed E-state index contributed by atoms with van der Waals surface area (Å²) in [6.07, 6.45) is 0. The summed E-state index contributed by atoms with van der Waals surface area (Å²) in [7, 11) is 0. The molecule has 0 aliphatic rings. The molecule has 0 saturated heterocycles. The fourth-order valence-corrected chi connectivity index (χ4v) is 1.95. The van der Waals surface area contributed by atoms with Gasteiger partial charge in [-0.25, -0.2) is 4.39 Å². The van der Waals surface area contributed by atoms with Crippen LogP contribution in [0, 0.1) is 5.82 Å². The van der Waals surface area contributed by atoms with Crippen molar-refractivity contribution in [1.29, 1.82) is 0 Å². The summed E-state index contributed by atoms with van der Waals surface area (Å²) in [5.41, 5.74) is 0.556. The van der Waals surface area contributed by atoms with Crippen molar-refractivity contribution in [2.24, 2.45) is 0 Å². The zero-order valence-electron chi connectivity index (χ0n) is 6.74. The van der Waals surface area contributed by atoms with Crippen molar-refractivity contribution in [3.8, 4) is 0 Å². The van der Waals surface area contributed by atoms with Gasteiger partial charge in [0, 0.05) is 5.56 Å². The molecule has 0 N–H and O–H groups in total. The first-order chi connectivity index (χ1) is 4.93. The van der Waals surface area contributed by atoms with Crippen LogP contribution < -0.4 is 0 Å². The molecule has 0 radical (unpaired) electrons. The van der Waals surface area contributed by atoms with E-state index in [0.717, 1.165) is 0 Å². The van der Waals surface area contributed by atoms with E-state index in [4.69, 9.17) is 11.6 Å². The maximum atomic E-state index is 13.1. The van der Waals surface area contributed by atoms with Crippen LogP contribution in [0.15, 0.2) is 5.38 Å². The molecule has 0 aromatic carbocycles. The highest BCUT2D eigenvalue weighted by atomic mass is 35.5. The fourth-order valence-electron chi connectivity index (χ4n) is 0.826. The third-order valence-corrected chi connectivity index (χ3v) is 2.67. The predicted molar refractivity (Wildman–Crippen MR) is 48.0 cm³/mol. The summed E-state index contributed by atoms with van der Waals surface area (Å²) in [5, 5.41) is 1.78. The largest absolute Gasteiger partial charge is 0.204 e. The quantitative estimate of drug-likeness (QED) is 0.586. The van der Waals surface area contributed by atoms with Crippen molar-refractivity contribution in [2.45, 2.75) is 26.2 Å². The van der Waals surface area contributed by atoms with Gasteiger partial charge in [-0.2, -0.15) is 0 Å². The van der Waals surface area contributed by atoms with Crippen molar-refractivity contribution >= 4 is 22.9 Å². The zero-order chi connectivity index (χ0) is 8.65. The van der Waals surface area contributed by atoms with Gasteiger partial charge in [-0.15, -0.1) is 11.3 Å². The smallest absolute Gasteiger partial charge is 0.156 e. The van der Waals surface area contributed by atoms with E-state index in [1.54, 1.807) is 5.38 Å². The van der Waals surface area contributed by atoms with Crippen LogP contribution in [0.2, 0.25) is 4.34 Å². The van der Waals surface area contributed by atoms with Crippen molar-refractivity contribution in [3.63, 3.8) is 0 Å². The average Bonchev–Trinajstić information content (AvgIpc) is 2.11. The van der Waals surface area contributed by atoms with Gasteiger partial charge in [0.1, 0.15) is 4.34 Å². The molecule has 0 fully saturated rings. The topological polar surface area (TPSA) is 0 Å². The van der Waals surface area contributed by atoms with Gasteiger partial charge in [0.05, 0.1) is 0 Å². The normalized spacial score (nSPS) is 12.1. The second-order valence-electron chi connectivity index (χ2n) is 3.49. The lowest BCUT2D eigenvalue weighted by Crippen LogP contribution is -2.11. The van der Waals surface area contributed by atoms with Crippen LogP contribution in [-0.4, -0.2) is 0 Å². The molecule has 1 aromatic rings. The maximum absolute atomic E-state index is 13.1. The third-order valence-electron chi connectivity index (χ3n) is 1.50. The summed E-state index contributed by atoms with van der Waals surface area (Å²) < 4.78 is 13.4. The summed E-state index contributed by atoms with van der Waals surface area (Å²) >= 11 is 6.83. The van der Waals surface area contributed by atoms with Crippen LogP contribution in [0.5, 0.6) is 0 Å². The molecule has 3 heteroatoms. The molecular formula is C8H10ClFS. The summed E-state index contributed by atoms with van der Waals surface area (Å²) in [4.78, 5) is 0. The van der Waals surface area contributed by atoms with E-state index in [-0.39, 0.29) is 15.6 Å². The number of rotatable bonds is 0. The van der Waals surface area contributed by atoms with Crippen LogP contribution in [0.1, 0.15) is 26.3 Å². The van der Waals surface area contributed by atoms with Gasteiger partial charge in [0.2, 0.25) is 0 Å². The lowest BCUT2D eigenvalue weighted by atomic mass is 9.89. The minimum atomic E-state index is -0.260. The van der Waals surface area contributed by atoms with Gasteiger partial charge in [0.15, 0.2) is 5.82 Å². The Balaban J connectivity index is 3.15. The highest BCUT2D eigenvalue weighted by Crippen LogP contribution is 2.33. The zero-order valence-corrected chi connectivity index (χ0v) is 8.31. The fraction of sp³-hybridized carbons (Fsp3) is 0.500. The standard InChI is InChI=1S/C8H10ClFS/c1-8(2,3)5-4-11-7(9)6(5)10/h4H,1-3H3. The van der Waals surface area contributed by atoms with Gasteiger partial charge in [-0.05, 0) is 10.8 Å². The first-order valence-corrected chi connectivity index (χ1v) is 4.61. The summed E-state index contributed by atoms with van der Waals surface area (Å²) in [5.74, 6) is -0.260. The second kappa shape index (κ2) is 2.76. The van der Waals surface area contributed by atoms with Crippen LogP contribution >= 0.6 is 22.9 Å². The minimum absolute atomic E-state index is 0.145. The van der Waals surface area contributed by atoms with Crippen molar-refractivity contribution in [2.75, 3.05) is 0 Å². The molecular weight excluding hydrogens is 183 g/mol. The molecule has 0 atom stereocenters. The molecule has 1 heterocycles. The first-order valence-electron chi connectivity index (χ1n) is 3.36. The minimum Gasteiger partial charge on any atom is -0.204 e. The van der Waals surface area contributed by atoms with Crippen molar-refractivity contribution < 1.29 is 4.39 Å². The number of halogens is 2. The van der Waals surface area contributed by atoms with Gasteiger partial charge in [-0.3, -0.25) is 0 Å². The average molecular weight is 193 g/mol. The Kier molecular flexibility index (Phi) is 2.26. The Bertz CT molecular complexity index is 260. The summed E-state index contributed by atoms with van der Waals surface area (Å²) in [6.45, 7) is 5.90. The maximum Gasteiger partial charge on any atom is 0.156 e. The Morgan fingerprint density at radius 1 is 1.45 bits per heavy atom. The molecule has 11 heavy (non-hydrogen) atoms. The molecule has 0 bridgehead atoms. The molecule has 0 saturated carbocycles. The van der Waals surface area contributed by atoms with E-state index in [1.165, 1.54) is 11.3 Å². The molecule has 0 unspecified atom stereocenters. The predicted octanol–water partition coefficient (Wildman–Crippen LogP) is 3.84. The summed E-state index contributed by atoms with van der Waals surface area (Å²) in [6, 6.07) is 0. The van der Waals surface area contributed by atoms with Gasteiger partial charge >= 0.3 is 0 Å². The SMILES string of the molecule is CC(C)(C)c1csc(Cl)c1F. The van der Waals surface area contributed by atoms with Gasteiger partial charge in [-0.1, -0.05) is 32.4 Å². The molecule has 0 amide bonds. The monoisotopic (exact) mass is 192 g/mol. The first kappa shape index (κ1) is 9.01. The Hall–Kier alpha value is -0.0800. The van der Waals surface area contributed by atoms with E-state index in [9.17, 15) is 4.39 Å². The van der Waals surface area contributed by atoms with Crippen LogP contribution in [-0.2, 0) is 5.41 Å². The molecule has 0 spiro atoms. The van der Waals surface area contributed by atoms with Crippen molar-refractivity contribution in [1.82, 2.24) is 0 Å². The molecule has 0 nitrogen and oxygen atoms in total. The third kappa shape index (κ3) is 1.74. The highest BCUT2D eigenvalue weighted by molar-refractivity contribution is 7.14. The number of thiophene rings is 1. The molecule has 62 valence electrons. The Morgan fingerprint density at radius 2 is 2.00 bits per heavy atom. The molecule has 1 aromatic heterocycles. The van der Waals surface area contributed by atoms with Crippen molar-refractivity contribution in [3.05, 3.63) is 21.1 Å². The van der Waals surface area contributed by atoms with Gasteiger partial charge in [0.25, 0.3) is 0 Å². The highest BCUT2D eigenvalue weighted by Gasteiger charge is 2.21. The Morgan fingerprint density at radius 3 is 2.18 bits per heavy atom. The van der Waals surface area contributed by atoms with E-state index < -0.39 is 0 Å². The number of hydrogen-bond acceptors (Lipinski definition) is 1. The van der Waals surface area contributed by atoms with Crippen LogP contribution in [0.25, 0.3) is 0 Å². The Labute approximate surface area is 75.0 Å². The number of hydrogen-bond donors (Lipinski definition) is 0. The van der Waals surface area contributed by atoms with E-state index >= 15 is 0 Å². The lowest BCUT2D eigenvalue weighted by molar-refractivity contribution is 0.529. The van der Waals surface area contributed by atoms with E-state index in [2.05, 4.69) is 0 Å². The van der Waals surface area contributed by atoms with Gasteiger partial charge < -0.3 is 0 Å².